The molecule has 0 aliphatic heterocycles. The van der Waals surface area contributed by atoms with Crippen LogP contribution in [0.2, 0.25) is 0 Å². The van der Waals surface area contributed by atoms with Crippen LogP contribution in [0.15, 0.2) is 0 Å². The molecule has 0 aromatic rings. The van der Waals surface area contributed by atoms with Crippen molar-refractivity contribution in [1.29, 1.82) is 0 Å². The van der Waals surface area contributed by atoms with Crippen molar-refractivity contribution in [2.45, 2.75) is 0 Å². The van der Waals surface area contributed by atoms with Crippen LogP contribution in [0.5, 0.6) is 0 Å². The van der Waals surface area contributed by atoms with Gasteiger partial charge in [0.25, 0.3) is 0 Å². The predicted octanol–water partition coefficient (Wildman–Crippen LogP) is 1.91. The number of halogens is 8. The quantitative estimate of drug-likeness (QED) is 0.419. The third kappa shape index (κ3) is 1210. The summed E-state index contributed by atoms with van der Waals surface area (Å²) in [5, 5.41) is 0. The van der Waals surface area contributed by atoms with Gasteiger partial charge in [-0.05, 0) is 0 Å². The average molecular weight is 415 g/mol. The summed E-state index contributed by atoms with van der Waals surface area (Å²) in [6.45, 7) is 0. The second kappa shape index (κ2) is 16.3. The van der Waals surface area contributed by atoms with Crippen molar-refractivity contribution >= 4 is 15.1 Å². The minimum atomic E-state index is -7.00. The Labute approximate surface area is 68.8 Å². The molecule has 0 aromatic carbocycles. The van der Waals surface area contributed by atoms with Crippen LogP contribution in [0.25, 0.3) is 0 Å². The molecular formula is H4F8GeRe. The Morgan fingerprint density at radius 1 is 0.600 bits per heavy atom. The maximum Gasteiger partial charge on any atom is 0 e. The molecular weight excluding hydrogens is 411 g/mol. The molecule has 0 amide bonds. The Bertz CT molecular complexity index is 24.7. The summed E-state index contributed by atoms with van der Waals surface area (Å²) >= 11 is -7.00. The first-order chi connectivity index (χ1) is 2.00. The van der Waals surface area contributed by atoms with Crippen molar-refractivity contribution in [3.8, 4) is 0 Å². The van der Waals surface area contributed by atoms with Crippen LogP contribution in [-0.2, 0) is 20.4 Å². The average Bonchev–Trinajstić information content (AvgIpc) is 0.722. The number of rotatable bonds is 0. The third-order valence-electron chi connectivity index (χ3n) is 0. The zero-order valence-corrected chi connectivity index (χ0v) is 8.84. The second-order valence-corrected chi connectivity index (χ2v) is 2.23. The second-order valence-electron chi connectivity index (χ2n) is 0.429. The van der Waals surface area contributed by atoms with Crippen molar-refractivity contribution in [3.05, 3.63) is 0 Å². The molecule has 0 atom stereocenters. The zero-order chi connectivity index (χ0) is 4.50. The van der Waals surface area contributed by atoms with Crippen LogP contribution < -0.4 is 0 Å². The SMILES string of the molecule is F.F.F.F.[F][Ge]([F])([F])[F].[Re]. The first-order valence-corrected chi connectivity index (χ1v) is 3.93. The standard InChI is InChI=1S/F4Ge.4FH.Re/c1-5(2,3)4;;;;;/h;4*1H;. The van der Waals surface area contributed by atoms with Crippen LogP contribution in [0.3, 0.4) is 0 Å². The minimum absolute atomic E-state index is 0. The van der Waals surface area contributed by atoms with Crippen LogP contribution in [0, 0.1) is 0 Å². The molecule has 0 unspecified atom stereocenters. The normalized spacial score (nSPS) is 6.00. The molecule has 0 fully saturated rings. The summed E-state index contributed by atoms with van der Waals surface area (Å²) in [6, 6.07) is 0. The van der Waals surface area contributed by atoms with E-state index in [0.29, 0.717) is 0 Å². The van der Waals surface area contributed by atoms with Crippen molar-refractivity contribution in [1.82, 2.24) is 0 Å². The molecule has 0 nitrogen and oxygen atoms in total. The number of hydrogen-bond acceptors (Lipinski definition) is 0. The summed E-state index contributed by atoms with van der Waals surface area (Å²) in [4.78, 5) is 0. The monoisotopic (exact) mass is 417 g/mol. The van der Waals surface area contributed by atoms with E-state index < -0.39 is 15.1 Å². The van der Waals surface area contributed by atoms with Crippen LogP contribution in [0.4, 0.5) is 32.8 Å². The molecule has 0 aliphatic rings. The van der Waals surface area contributed by atoms with E-state index in [1.807, 2.05) is 0 Å². The topological polar surface area (TPSA) is 0 Å². The molecule has 0 N–H and O–H groups in total. The van der Waals surface area contributed by atoms with Crippen molar-refractivity contribution in [3.63, 3.8) is 0 Å². The molecule has 0 bridgehead atoms. The van der Waals surface area contributed by atoms with Gasteiger partial charge in [-0.25, -0.2) is 0 Å². The molecule has 0 rings (SSSR count). The summed E-state index contributed by atoms with van der Waals surface area (Å²) in [5.41, 5.74) is 0. The molecule has 0 spiro atoms. The fourth-order valence-electron chi connectivity index (χ4n) is 0. The van der Waals surface area contributed by atoms with E-state index >= 15 is 0 Å². The van der Waals surface area contributed by atoms with Gasteiger partial charge in [0, 0.05) is 20.4 Å². The first-order valence-electron chi connectivity index (χ1n) is 0.756. The first kappa shape index (κ1) is 45.9. The van der Waals surface area contributed by atoms with Gasteiger partial charge in [-0.2, -0.15) is 0 Å². The van der Waals surface area contributed by atoms with Crippen LogP contribution in [-0.4, -0.2) is 15.1 Å². The van der Waals surface area contributed by atoms with Crippen LogP contribution >= 0.6 is 0 Å². The smallest absolute Gasteiger partial charge is 0 e. The van der Waals surface area contributed by atoms with Gasteiger partial charge in [-0.15, -0.1) is 0 Å². The molecule has 0 aliphatic carbocycles. The fraction of sp³-hybridized carbons (Fsp3) is 0. The van der Waals surface area contributed by atoms with Gasteiger partial charge in [0.15, 0.2) is 0 Å². The largest absolute Gasteiger partial charge is 0 e. The molecule has 0 saturated carbocycles. The van der Waals surface area contributed by atoms with E-state index in [0.717, 1.165) is 0 Å². The molecule has 0 aromatic heterocycles. The molecule has 0 heterocycles. The van der Waals surface area contributed by atoms with Gasteiger partial charge in [0.1, 0.15) is 0 Å². The zero-order valence-electron chi connectivity index (χ0n) is 4.02. The minimum Gasteiger partial charge on any atom is 0 e. The maximum atomic E-state index is 9.88. The van der Waals surface area contributed by atoms with E-state index in [4.69, 9.17) is 0 Å². The van der Waals surface area contributed by atoms with E-state index in [-0.39, 0.29) is 39.2 Å². The van der Waals surface area contributed by atoms with Gasteiger partial charge < -0.3 is 0 Å². The Morgan fingerprint density at radius 3 is 0.600 bits per heavy atom. The van der Waals surface area contributed by atoms with Gasteiger partial charge in [-0.3, -0.25) is 18.8 Å². The summed E-state index contributed by atoms with van der Waals surface area (Å²) in [7, 11) is 0. The summed E-state index contributed by atoms with van der Waals surface area (Å²) in [5.74, 6) is 0. The van der Waals surface area contributed by atoms with Crippen molar-refractivity contribution in [2.24, 2.45) is 0 Å². The number of hydrogen-bond donors (Lipinski definition) is 0. The third-order valence-corrected chi connectivity index (χ3v) is 0. The summed E-state index contributed by atoms with van der Waals surface area (Å²) in [6.07, 6.45) is 0. The maximum absolute atomic E-state index is 9.88. The molecule has 1 radical (unpaired) electrons. The summed E-state index contributed by atoms with van der Waals surface area (Å²) < 4.78 is 39.5. The molecule has 10 heavy (non-hydrogen) atoms. The Morgan fingerprint density at radius 2 is 0.600 bits per heavy atom. The van der Waals surface area contributed by atoms with Gasteiger partial charge in [-0.1, -0.05) is 0 Å². The Balaban J connectivity index is -0.00000000800. The van der Waals surface area contributed by atoms with Crippen molar-refractivity contribution < 1.29 is 53.2 Å². The predicted molar refractivity (Wildman–Crippen MR) is 20.2 cm³/mol. The molecule has 0 saturated heterocycles. The molecule has 10 heteroatoms. The van der Waals surface area contributed by atoms with Crippen LogP contribution in [0.1, 0.15) is 0 Å². The van der Waals surface area contributed by atoms with E-state index in [1.165, 1.54) is 0 Å². The van der Waals surface area contributed by atoms with Gasteiger partial charge in [0.05, 0.1) is 0 Å². The van der Waals surface area contributed by atoms with Crippen molar-refractivity contribution in [2.75, 3.05) is 0 Å². The van der Waals surface area contributed by atoms with E-state index in [1.54, 1.807) is 0 Å². The van der Waals surface area contributed by atoms with E-state index in [9.17, 15) is 14.0 Å². The fourth-order valence-corrected chi connectivity index (χ4v) is 0. The Hall–Kier alpha value is 0.645. The molecule has 71 valence electrons. The Kier molecular flexibility index (Phi) is 74.9. The van der Waals surface area contributed by atoms with E-state index in [2.05, 4.69) is 0 Å². The van der Waals surface area contributed by atoms with Gasteiger partial charge >= 0.3 is 29.1 Å². The van der Waals surface area contributed by atoms with Gasteiger partial charge in [0.2, 0.25) is 0 Å².